The van der Waals surface area contributed by atoms with E-state index >= 15 is 0 Å². The molecule has 0 radical (unpaired) electrons. The third-order valence-corrected chi connectivity index (χ3v) is 3.45. The minimum absolute atomic E-state index is 0.522. The van der Waals surface area contributed by atoms with E-state index in [1.807, 2.05) is 6.20 Å². The third-order valence-electron chi connectivity index (χ3n) is 3.45. The quantitative estimate of drug-likeness (QED) is 0.849. The van der Waals surface area contributed by atoms with Crippen LogP contribution in [0.15, 0.2) is 6.20 Å². The van der Waals surface area contributed by atoms with Gasteiger partial charge in [0.2, 0.25) is 0 Å². The third kappa shape index (κ3) is 2.46. The molecule has 1 aliphatic rings. The lowest BCUT2D eigenvalue weighted by Crippen LogP contribution is -2.31. The van der Waals surface area contributed by atoms with E-state index < -0.39 is 0 Å². The van der Waals surface area contributed by atoms with Crippen LogP contribution in [0.1, 0.15) is 44.2 Å². The summed E-state index contributed by atoms with van der Waals surface area (Å²) in [5.74, 6) is 2.04. The second-order valence-electron chi connectivity index (χ2n) is 5.20. The Labute approximate surface area is 98.3 Å². The first-order chi connectivity index (χ1) is 7.68. The van der Waals surface area contributed by atoms with Crippen molar-refractivity contribution >= 4 is 0 Å². The lowest BCUT2D eigenvalue weighted by atomic mass is 9.96. The van der Waals surface area contributed by atoms with E-state index in [0.717, 1.165) is 18.9 Å². The summed E-state index contributed by atoms with van der Waals surface area (Å²) in [6.45, 7) is 8.96. The van der Waals surface area contributed by atoms with E-state index in [0.29, 0.717) is 6.04 Å². The molecule has 0 amide bonds. The zero-order valence-electron chi connectivity index (χ0n) is 10.7. The van der Waals surface area contributed by atoms with Crippen LogP contribution in [-0.2, 0) is 6.42 Å². The fourth-order valence-corrected chi connectivity index (χ4v) is 2.71. The maximum Gasteiger partial charge on any atom is 0.109 e. The van der Waals surface area contributed by atoms with E-state index in [2.05, 4.69) is 35.6 Å². The van der Waals surface area contributed by atoms with E-state index in [4.69, 9.17) is 0 Å². The van der Waals surface area contributed by atoms with E-state index in [1.165, 1.54) is 30.9 Å². The second kappa shape index (κ2) is 5.00. The van der Waals surface area contributed by atoms with Crippen molar-refractivity contribution in [3.8, 4) is 0 Å². The highest BCUT2D eigenvalue weighted by molar-refractivity contribution is 5.06. The van der Waals surface area contributed by atoms with Gasteiger partial charge < -0.3 is 9.88 Å². The van der Waals surface area contributed by atoms with Gasteiger partial charge in [-0.3, -0.25) is 0 Å². The number of piperidine rings is 1. The van der Waals surface area contributed by atoms with Gasteiger partial charge in [-0.15, -0.1) is 0 Å². The summed E-state index contributed by atoms with van der Waals surface area (Å²) >= 11 is 0. The highest BCUT2D eigenvalue weighted by Gasteiger charge is 2.17. The van der Waals surface area contributed by atoms with Gasteiger partial charge in [0.05, 0.1) is 0 Å². The molecule has 2 heterocycles. The molecule has 0 spiro atoms. The first-order valence-corrected chi connectivity index (χ1v) is 6.42. The first-order valence-electron chi connectivity index (χ1n) is 6.42. The van der Waals surface area contributed by atoms with Crippen molar-refractivity contribution in [3.05, 3.63) is 17.7 Å². The Morgan fingerprint density at radius 3 is 3.00 bits per heavy atom. The molecule has 0 aromatic carbocycles. The minimum Gasteiger partial charge on any atom is -0.330 e. The maximum absolute atomic E-state index is 4.57. The maximum atomic E-state index is 4.57. The van der Waals surface area contributed by atoms with Gasteiger partial charge >= 0.3 is 0 Å². The largest absolute Gasteiger partial charge is 0.330 e. The van der Waals surface area contributed by atoms with Crippen LogP contribution in [0.2, 0.25) is 0 Å². The molecule has 1 fully saturated rings. The van der Waals surface area contributed by atoms with Crippen molar-refractivity contribution in [2.45, 2.75) is 46.1 Å². The van der Waals surface area contributed by atoms with Crippen molar-refractivity contribution in [2.24, 2.45) is 5.92 Å². The fourth-order valence-electron chi connectivity index (χ4n) is 2.71. The van der Waals surface area contributed by atoms with Gasteiger partial charge in [0, 0.05) is 24.4 Å². The predicted octanol–water partition coefficient (Wildman–Crippen LogP) is 2.31. The van der Waals surface area contributed by atoms with E-state index in [1.54, 1.807) is 0 Å². The van der Waals surface area contributed by atoms with Crippen LogP contribution in [-0.4, -0.2) is 22.6 Å². The minimum atomic E-state index is 0.522. The Morgan fingerprint density at radius 2 is 2.38 bits per heavy atom. The molecule has 1 saturated heterocycles. The number of nitrogens with one attached hydrogen (secondary N) is 1. The fraction of sp³-hybridized carbons (Fsp3) is 0.769. The van der Waals surface area contributed by atoms with Gasteiger partial charge in [-0.1, -0.05) is 0 Å². The molecule has 2 rings (SSSR count). The molecule has 1 aliphatic heterocycles. The lowest BCUT2D eigenvalue weighted by Gasteiger charge is -2.23. The molecule has 0 saturated carbocycles. The van der Waals surface area contributed by atoms with Gasteiger partial charge in [0.1, 0.15) is 5.82 Å². The number of rotatable bonds is 3. The molecular formula is C13H23N3. The summed E-state index contributed by atoms with van der Waals surface area (Å²) in [5.41, 5.74) is 1.29. The van der Waals surface area contributed by atoms with E-state index in [9.17, 15) is 0 Å². The average Bonchev–Trinajstić information content (AvgIpc) is 2.61. The van der Waals surface area contributed by atoms with E-state index in [-0.39, 0.29) is 0 Å². The van der Waals surface area contributed by atoms with Crippen LogP contribution in [0.25, 0.3) is 0 Å². The summed E-state index contributed by atoms with van der Waals surface area (Å²) in [4.78, 5) is 4.57. The summed E-state index contributed by atoms with van der Waals surface area (Å²) in [7, 11) is 0. The smallest absolute Gasteiger partial charge is 0.109 e. The topological polar surface area (TPSA) is 29.9 Å². The standard InChI is InChI=1S/C13H23N3/c1-10(2)16-11(3)8-15-13(16)7-12-5-4-6-14-9-12/h8,10,12,14H,4-7,9H2,1-3H3/t12-/m1/s1. The number of imidazole rings is 1. The number of hydrogen-bond donors (Lipinski definition) is 1. The van der Waals surface area contributed by atoms with Gasteiger partial charge in [0.15, 0.2) is 0 Å². The van der Waals surface area contributed by atoms with Crippen molar-refractivity contribution < 1.29 is 0 Å². The normalized spacial score (nSPS) is 21.6. The molecule has 1 N–H and O–H groups in total. The van der Waals surface area contributed by atoms with Gasteiger partial charge in [0.25, 0.3) is 0 Å². The van der Waals surface area contributed by atoms with Gasteiger partial charge in [-0.2, -0.15) is 0 Å². The molecule has 0 unspecified atom stereocenters. The molecule has 3 heteroatoms. The molecule has 90 valence electrons. The summed E-state index contributed by atoms with van der Waals surface area (Å²) in [5, 5.41) is 3.47. The lowest BCUT2D eigenvalue weighted by molar-refractivity contribution is 0.363. The van der Waals surface area contributed by atoms with Crippen molar-refractivity contribution in [2.75, 3.05) is 13.1 Å². The summed E-state index contributed by atoms with van der Waals surface area (Å²) in [6, 6.07) is 0.522. The molecular weight excluding hydrogens is 198 g/mol. The average molecular weight is 221 g/mol. The summed E-state index contributed by atoms with van der Waals surface area (Å²) < 4.78 is 2.37. The highest BCUT2D eigenvalue weighted by atomic mass is 15.1. The number of aryl methyl sites for hydroxylation is 1. The zero-order chi connectivity index (χ0) is 11.5. The van der Waals surface area contributed by atoms with Crippen LogP contribution in [0.3, 0.4) is 0 Å². The van der Waals surface area contributed by atoms with Crippen LogP contribution in [0.5, 0.6) is 0 Å². The van der Waals surface area contributed by atoms with Crippen molar-refractivity contribution in [3.63, 3.8) is 0 Å². The Morgan fingerprint density at radius 1 is 1.56 bits per heavy atom. The number of nitrogens with zero attached hydrogens (tertiary/aromatic N) is 2. The Balaban J connectivity index is 2.08. The van der Waals surface area contributed by atoms with Crippen LogP contribution >= 0.6 is 0 Å². The Bertz CT molecular complexity index is 335. The molecule has 0 bridgehead atoms. The van der Waals surface area contributed by atoms with Crippen molar-refractivity contribution in [1.29, 1.82) is 0 Å². The van der Waals surface area contributed by atoms with Crippen molar-refractivity contribution in [1.82, 2.24) is 14.9 Å². The van der Waals surface area contributed by atoms with Crippen LogP contribution < -0.4 is 5.32 Å². The molecule has 0 aliphatic carbocycles. The highest BCUT2D eigenvalue weighted by Crippen LogP contribution is 2.19. The van der Waals surface area contributed by atoms with Crippen LogP contribution in [0.4, 0.5) is 0 Å². The molecule has 1 atom stereocenters. The zero-order valence-corrected chi connectivity index (χ0v) is 10.7. The monoisotopic (exact) mass is 221 g/mol. The summed E-state index contributed by atoms with van der Waals surface area (Å²) in [6.07, 6.45) is 5.79. The molecule has 3 nitrogen and oxygen atoms in total. The SMILES string of the molecule is Cc1cnc(C[C@H]2CCCNC2)n1C(C)C. The molecule has 1 aromatic rings. The van der Waals surface area contributed by atoms with Gasteiger partial charge in [-0.25, -0.2) is 4.98 Å². The molecule has 16 heavy (non-hydrogen) atoms. The number of hydrogen-bond acceptors (Lipinski definition) is 2. The Kier molecular flexibility index (Phi) is 3.64. The Hall–Kier alpha value is -0.830. The van der Waals surface area contributed by atoms with Crippen LogP contribution in [0, 0.1) is 12.8 Å². The number of aromatic nitrogens is 2. The predicted molar refractivity (Wildman–Crippen MR) is 66.6 cm³/mol. The second-order valence-corrected chi connectivity index (χ2v) is 5.20. The first kappa shape index (κ1) is 11.6. The van der Waals surface area contributed by atoms with Gasteiger partial charge in [-0.05, 0) is 52.6 Å². The molecule has 1 aromatic heterocycles.